The van der Waals surface area contributed by atoms with E-state index in [9.17, 15) is 5.11 Å². The van der Waals surface area contributed by atoms with Crippen molar-refractivity contribution in [3.8, 4) is 5.75 Å². The Kier molecular flexibility index (Phi) is 9.01. The van der Waals surface area contributed by atoms with Gasteiger partial charge >= 0.3 is 11.9 Å². The summed E-state index contributed by atoms with van der Waals surface area (Å²) in [6.07, 6.45) is 5.99. The third-order valence-corrected chi connectivity index (χ3v) is 8.19. The molecule has 0 bridgehead atoms. The Hall–Kier alpha value is -4.14. The first kappa shape index (κ1) is 28.4. The highest BCUT2D eigenvalue weighted by Crippen LogP contribution is 2.43. The number of hydrogen-bond acceptors (Lipinski definition) is 5. The van der Waals surface area contributed by atoms with Crippen molar-refractivity contribution in [2.45, 2.75) is 37.7 Å². The number of H-pyrrole nitrogens is 1. The van der Waals surface area contributed by atoms with Gasteiger partial charge in [-0.25, -0.2) is 9.59 Å². The highest BCUT2D eigenvalue weighted by Gasteiger charge is 2.33. The lowest BCUT2D eigenvalue weighted by molar-refractivity contribution is -0.159. The molecular formula is C33H36N2O6. The van der Waals surface area contributed by atoms with Crippen LogP contribution in [0.25, 0.3) is 10.9 Å². The molecule has 4 N–H and O–H groups in total. The van der Waals surface area contributed by atoms with Gasteiger partial charge in [-0.2, -0.15) is 0 Å². The summed E-state index contributed by atoms with van der Waals surface area (Å²) in [7, 11) is 0. The maximum absolute atomic E-state index is 10.7. The normalized spacial score (nSPS) is 16.5. The van der Waals surface area contributed by atoms with E-state index in [-0.39, 0.29) is 0 Å². The van der Waals surface area contributed by atoms with Crippen molar-refractivity contribution in [1.82, 2.24) is 9.88 Å². The molecule has 1 aliphatic carbocycles. The van der Waals surface area contributed by atoms with Crippen molar-refractivity contribution in [2.24, 2.45) is 5.92 Å². The number of fused-ring (bicyclic) bond motifs is 3. The highest BCUT2D eigenvalue weighted by atomic mass is 16.5. The SMILES string of the molecule is O=C(O)C(=O)O.O[C@H](COc1cccc2[nH]ccc12)CN1CCC(C2c3ccccc3CCc3ccccc32)CC1. The minimum atomic E-state index is -1.82. The van der Waals surface area contributed by atoms with Crippen LogP contribution >= 0.6 is 0 Å². The van der Waals surface area contributed by atoms with Crippen molar-refractivity contribution >= 4 is 22.8 Å². The smallest absolute Gasteiger partial charge is 0.414 e. The lowest BCUT2D eigenvalue weighted by Gasteiger charge is -2.37. The molecule has 6 rings (SSSR count). The van der Waals surface area contributed by atoms with Gasteiger partial charge in [0.2, 0.25) is 0 Å². The molecule has 3 aromatic carbocycles. The van der Waals surface area contributed by atoms with Crippen molar-refractivity contribution in [2.75, 3.05) is 26.2 Å². The third kappa shape index (κ3) is 6.78. The van der Waals surface area contributed by atoms with Gasteiger partial charge in [-0.15, -0.1) is 0 Å². The van der Waals surface area contributed by atoms with Gasteiger partial charge in [-0.3, -0.25) is 0 Å². The first-order valence-corrected chi connectivity index (χ1v) is 14.1. The number of piperidine rings is 1. The average molecular weight is 557 g/mol. The molecule has 1 aromatic heterocycles. The Morgan fingerprint density at radius 2 is 1.46 bits per heavy atom. The lowest BCUT2D eigenvalue weighted by Crippen LogP contribution is -2.41. The number of aryl methyl sites for hydroxylation is 2. The Morgan fingerprint density at radius 1 is 0.854 bits per heavy atom. The molecule has 2 heterocycles. The van der Waals surface area contributed by atoms with E-state index in [0.29, 0.717) is 25.0 Å². The van der Waals surface area contributed by atoms with E-state index in [1.807, 2.05) is 30.5 Å². The molecule has 0 amide bonds. The molecular weight excluding hydrogens is 520 g/mol. The van der Waals surface area contributed by atoms with E-state index in [2.05, 4.69) is 58.4 Å². The van der Waals surface area contributed by atoms with Gasteiger partial charge < -0.3 is 29.9 Å². The highest BCUT2D eigenvalue weighted by molar-refractivity contribution is 6.27. The van der Waals surface area contributed by atoms with E-state index >= 15 is 0 Å². The van der Waals surface area contributed by atoms with Crippen LogP contribution in [0.5, 0.6) is 5.75 Å². The van der Waals surface area contributed by atoms with Crippen molar-refractivity contribution in [3.63, 3.8) is 0 Å². The largest absolute Gasteiger partial charge is 0.490 e. The third-order valence-electron chi connectivity index (χ3n) is 8.19. The van der Waals surface area contributed by atoms with E-state index in [0.717, 1.165) is 55.4 Å². The number of hydrogen-bond donors (Lipinski definition) is 4. The predicted octanol–water partition coefficient (Wildman–Crippen LogP) is 4.71. The van der Waals surface area contributed by atoms with E-state index in [1.165, 1.54) is 22.3 Å². The number of aliphatic carboxylic acids is 2. The fourth-order valence-electron chi connectivity index (χ4n) is 6.26. The molecule has 41 heavy (non-hydrogen) atoms. The Labute approximate surface area is 239 Å². The molecule has 8 nitrogen and oxygen atoms in total. The number of benzene rings is 3. The number of carbonyl (C=O) groups is 2. The van der Waals surface area contributed by atoms with Crippen LogP contribution in [0, 0.1) is 5.92 Å². The van der Waals surface area contributed by atoms with Crippen LogP contribution in [0.3, 0.4) is 0 Å². The molecule has 0 unspecified atom stereocenters. The molecule has 1 saturated heterocycles. The first-order valence-electron chi connectivity index (χ1n) is 14.1. The number of likely N-dealkylation sites (tertiary alicyclic amines) is 1. The predicted molar refractivity (Wildman–Crippen MR) is 156 cm³/mol. The zero-order valence-corrected chi connectivity index (χ0v) is 22.9. The minimum Gasteiger partial charge on any atom is -0.490 e. The van der Waals surface area contributed by atoms with E-state index in [4.69, 9.17) is 24.5 Å². The summed E-state index contributed by atoms with van der Waals surface area (Å²) in [6, 6.07) is 26.2. The summed E-state index contributed by atoms with van der Waals surface area (Å²) in [5, 5.41) is 26.6. The number of aliphatic hydroxyl groups excluding tert-OH is 1. The standard InChI is InChI=1S/C31H34N2O2.C2H2O4/c34-25(21-35-30-11-5-10-29-28(30)14-17-32-29)20-33-18-15-24(16-19-33)31-26-8-3-1-6-22(26)12-13-23-7-2-4-9-27(23)31;3-1(4)2(5)6/h1-11,14,17,24-25,31-32,34H,12-13,15-16,18-21H2;(H,3,4)(H,5,6)/t25-;/m0./s1. The van der Waals surface area contributed by atoms with Crippen LogP contribution in [0.4, 0.5) is 0 Å². The van der Waals surface area contributed by atoms with Crippen LogP contribution in [-0.2, 0) is 22.4 Å². The summed E-state index contributed by atoms with van der Waals surface area (Å²) in [6.45, 7) is 3.02. The maximum atomic E-state index is 10.7. The van der Waals surface area contributed by atoms with E-state index < -0.39 is 18.0 Å². The van der Waals surface area contributed by atoms with Crippen molar-refractivity contribution in [1.29, 1.82) is 0 Å². The van der Waals surface area contributed by atoms with Crippen LogP contribution in [0.1, 0.15) is 41.0 Å². The first-order chi connectivity index (χ1) is 19.9. The summed E-state index contributed by atoms with van der Waals surface area (Å²) in [5.74, 6) is -1.72. The number of ether oxygens (including phenoxy) is 1. The molecule has 0 saturated carbocycles. The number of carboxylic acids is 2. The monoisotopic (exact) mass is 556 g/mol. The van der Waals surface area contributed by atoms with Gasteiger partial charge in [-0.1, -0.05) is 54.6 Å². The molecule has 1 fully saturated rings. The zero-order chi connectivity index (χ0) is 28.8. The maximum Gasteiger partial charge on any atom is 0.414 e. The van der Waals surface area contributed by atoms with Crippen molar-refractivity contribution in [3.05, 3.63) is 101 Å². The van der Waals surface area contributed by atoms with Gasteiger partial charge in [0.05, 0.1) is 0 Å². The van der Waals surface area contributed by atoms with Gasteiger partial charge in [0.15, 0.2) is 0 Å². The molecule has 2 aliphatic rings. The van der Waals surface area contributed by atoms with Gasteiger partial charge in [0.1, 0.15) is 18.5 Å². The fraction of sp³-hybridized carbons (Fsp3) is 0.333. The number of aromatic amines is 1. The second-order valence-electron chi connectivity index (χ2n) is 10.8. The minimum absolute atomic E-state index is 0.313. The van der Waals surface area contributed by atoms with Gasteiger partial charge in [-0.05, 0) is 85.1 Å². The Balaban J connectivity index is 0.000000511. The Bertz CT molecular complexity index is 1430. The Morgan fingerprint density at radius 3 is 2.07 bits per heavy atom. The fourth-order valence-corrected chi connectivity index (χ4v) is 6.26. The van der Waals surface area contributed by atoms with E-state index in [1.54, 1.807) is 0 Å². The summed E-state index contributed by atoms with van der Waals surface area (Å²) < 4.78 is 5.99. The number of nitrogens with one attached hydrogen (secondary N) is 1. The molecule has 0 spiro atoms. The number of nitrogens with zero attached hydrogens (tertiary/aromatic N) is 1. The summed E-state index contributed by atoms with van der Waals surface area (Å²) >= 11 is 0. The molecule has 1 atom stereocenters. The molecule has 4 aromatic rings. The topological polar surface area (TPSA) is 123 Å². The van der Waals surface area contributed by atoms with Crippen LogP contribution < -0.4 is 4.74 Å². The van der Waals surface area contributed by atoms with Crippen LogP contribution in [-0.4, -0.2) is 69.5 Å². The summed E-state index contributed by atoms with van der Waals surface area (Å²) in [4.78, 5) is 23.8. The second kappa shape index (κ2) is 13.0. The molecule has 0 radical (unpaired) electrons. The molecule has 8 heteroatoms. The molecule has 1 aliphatic heterocycles. The van der Waals surface area contributed by atoms with Crippen LogP contribution in [0.15, 0.2) is 79.0 Å². The lowest BCUT2D eigenvalue weighted by atomic mass is 9.74. The molecule has 214 valence electrons. The van der Waals surface area contributed by atoms with Crippen LogP contribution in [0.2, 0.25) is 0 Å². The number of carboxylic acid groups (broad SMARTS) is 2. The van der Waals surface area contributed by atoms with Gasteiger partial charge in [0, 0.05) is 29.6 Å². The quantitative estimate of drug-likeness (QED) is 0.254. The second-order valence-corrected chi connectivity index (χ2v) is 10.8. The zero-order valence-electron chi connectivity index (χ0n) is 22.9. The number of rotatable bonds is 6. The number of aromatic nitrogens is 1. The number of aliphatic hydroxyl groups is 1. The summed E-state index contributed by atoms with van der Waals surface area (Å²) in [5.41, 5.74) is 7.15. The average Bonchev–Trinajstić information content (AvgIpc) is 3.40. The number of β-amino-alcohol motifs (C(OH)–C–C–N with tert-alkyl or cyclic N) is 1. The van der Waals surface area contributed by atoms with Gasteiger partial charge in [0.25, 0.3) is 0 Å². The van der Waals surface area contributed by atoms with Crippen molar-refractivity contribution < 1.29 is 29.6 Å².